The van der Waals surface area contributed by atoms with Crippen molar-refractivity contribution in [3.05, 3.63) is 35.9 Å². The molecule has 1 fully saturated rings. The summed E-state index contributed by atoms with van der Waals surface area (Å²) in [5.74, 6) is 6.05. The number of nitrogens with zero attached hydrogens (tertiary/aromatic N) is 1. The Morgan fingerprint density at radius 1 is 1.21 bits per heavy atom. The van der Waals surface area contributed by atoms with Gasteiger partial charge in [0.1, 0.15) is 0 Å². The molecule has 0 saturated carbocycles. The SMILES string of the molecule is CC#CCCNC1CCN(Cc2ccccc2)CC1. The predicted octanol–water partition coefficient (Wildman–Crippen LogP) is 2.65. The number of benzene rings is 1. The first-order valence-electron chi connectivity index (χ1n) is 7.28. The Bertz CT molecular complexity index is 408. The number of piperidine rings is 1. The first-order valence-corrected chi connectivity index (χ1v) is 7.28. The minimum absolute atomic E-state index is 0.686. The van der Waals surface area contributed by atoms with Crippen molar-refractivity contribution in [1.82, 2.24) is 10.2 Å². The average Bonchev–Trinajstić information content (AvgIpc) is 2.46. The molecule has 1 aliphatic rings. The van der Waals surface area contributed by atoms with Crippen LogP contribution >= 0.6 is 0 Å². The van der Waals surface area contributed by atoms with Crippen LogP contribution in [0, 0.1) is 11.8 Å². The van der Waals surface area contributed by atoms with Crippen molar-refractivity contribution in [1.29, 1.82) is 0 Å². The first-order chi connectivity index (χ1) is 9.38. The molecule has 1 aromatic carbocycles. The van der Waals surface area contributed by atoms with Gasteiger partial charge in [0.2, 0.25) is 0 Å². The summed E-state index contributed by atoms with van der Waals surface area (Å²) in [7, 11) is 0. The Kier molecular flexibility index (Phi) is 5.94. The lowest BCUT2D eigenvalue weighted by molar-refractivity contribution is 0.191. The Morgan fingerprint density at radius 3 is 2.63 bits per heavy atom. The Hall–Kier alpha value is -1.30. The monoisotopic (exact) mass is 256 g/mol. The average molecular weight is 256 g/mol. The highest BCUT2D eigenvalue weighted by atomic mass is 15.1. The molecule has 1 N–H and O–H groups in total. The topological polar surface area (TPSA) is 15.3 Å². The second-order valence-electron chi connectivity index (χ2n) is 5.17. The normalized spacial score (nSPS) is 16.9. The second kappa shape index (κ2) is 7.99. The summed E-state index contributed by atoms with van der Waals surface area (Å²) in [4.78, 5) is 2.55. The van der Waals surface area contributed by atoms with Crippen LogP contribution in [-0.4, -0.2) is 30.6 Å². The summed E-state index contributed by atoms with van der Waals surface area (Å²) in [6, 6.07) is 11.4. The molecule has 2 rings (SSSR count). The van der Waals surface area contributed by atoms with Crippen molar-refractivity contribution >= 4 is 0 Å². The molecule has 0 aliphatic carbocycles. The summed E-state index contributed by atoms with van der Waals surface area (Å²) in [6.07, 6.45) is 3.49. The molecule has 1 aromatic rings. The number of hydrogen-bond acceptors (Lipinski definition) is 2. The van der Waals surface area contributed by atoms with E-state index in [2.05, 4.69) is 52.4 Å². The third-order valence-electron chi connectivity index (χ3n) is 3.70. The highest BCUT2D eigenvalue weighted by molar-refractivity contribution is 5.14. The molecule has 0 aromatic heterocycles. The van der Waals surface area contributed by atoms with Gasteiger partial charge in [-0.15, -0.1) is 11.8 Å². The van der Waals surface area contributed by atoms with Gasteiger partial charge < -0.3 is 5.32 Å². The van der Waals surface area contributed by atoms with Crippen LogP contribution in [-0.2, 0) is 6.54 Å². The molecule has 0 bridgehead atoms. The zero-order valence-electron chi connectivity index (χ0n) is 11.9. The Morgan fingerprint density at radius 2 is 1.95 bits per heavy atom. The minimum Gasteiger partial charge on any atom is -0.313 e. The van der Waals surface area contributed by atoms with Crippen LogP contribution in [0.25, 0.3) is 0 Å². The van der Waals surface area contributed by atoms with Gasteiger partial charge in [0.15, 0.2) is 0 Å². The van der Waals surface area contributed by atoms with E-state index in [0.717, 1.165) is 19.5 Å². The van der Waals surface area contributed by atoms with E-state index >= 15 is 0 Å². The van der Waals surface area contributed by atoms with Crippen molar-refractivity contribution in [2.24, 2.45) is 0 Å². The summed E-state index contributed by atoms with van der Waals surface area (Å²) in [5, 5.41) is 3.61. The maximum atomic E-state index is 3.61. The molecule has 0 spiro atoms. The standard InChI is InChI=1S/C17H24N2/c1-2-3-7-12-18-17-10-13-19(14-11-17)15-16-8-5-4-6-9-16/h4-6,8-9,17-18H,7,10-15H2,1H3. The fourth-order valence-corrected chi connectivity index (χ4v) is 2.60. The van der Waals surface area contributed by atoms with Gasteiger partial charge in [-0.05, 0) is 38.4 Å². The highest BCUT2D eigenvalue weighted by Gasteiger charge is 2.18. The summed E-state index contributed by atoms with van der Waals surface area (Å²) in [5.41, 5.74) is 1.42. The van der Waals surface area contributed by atoms with Crippen molar-refractivity contribution < 1.29 is 0 Å². The molecule has 0 atom stereocenters. The lowest BCUT2D eigenvalue weighted by Crippen LogP contribution is -2.42. The zero-order chi connectivity index (χ0) is 13.3. The van der Waals surface area contributed by atoms with Crippen LogP contribution < -0.4 is 5.32 Å². The van der Waals surface area contributed by atoms with Crippen LogP contribution in [0.4, 0.5) is 0 Å². The smallest absolute Gasteiger partial charge is 0.0233 e. The van der Waals surface area contributed by atoms with Gasteiger partial charge in [0.25, 0.3) is 0 Å². The van der Waals surface area contributed by atoms with Crippen molar-refractivity contribution in [3.63, 3.8) is 0 Å². The first kappa shape index (κ1) is 14.1. The third kappa shape index (κ3) is 5.06. The molecule has 0 amide bonds. The van der Waals surface area contributed by atoms with Crippen molar-refractivity contribution in [2.45, 2.75) is 38.8 Å². The van der Waals surface area contributed by atoms with Crippen LogP contribution in [0.3, 0.4) is 0 Å². The van der Waals surface area contributed by atoms with Gasteiger partial charge in [0.05, 0.1) is 0 Å². The van der Waals surface area contributed by atoms with E-state index in [1.807, 2.05) is 6.92 Å². The quantitative estimate of drug-likeness (QED) is 0.643. The zero-order valence-corrected chi connectivity index (χ0v) is 11.9. The van der Waals surface area contributed by atoms with E-state index in [-0.39, 0.29) is 0 Å². The van der Waals surface area contributed by atoms with Gasteiger partial charge in [-0.25, -0.2) is 0 Å². The van der Waals surface area contributed by atoms with Crippen molar-refractivity contribution in [3.8, 4) is 11.8 Å². The molecule has 0 radical (unpaired) electrons. The Balaban J connectivity index is 1.66. The maximum Gasteiger partial charge on any atom is 0.0233 e. The predicted molar refractivity (Wildman–Crippen MR) is 80.8 cm³/mol. The lowest BCUT2D eigenvalue weighted by Gasteiger charge is -2.32. The summed E-state index contributed by atoms with van der Waals surface area (Å²) < 4.78 is 0. The van der Waals surface area contributed by atoms with Gasteiger partial charge in [0, 0.05) is 25.6 Å². The molecule has 19 heavy (non-hydrogen) atoms. The molecule has 0 unspecified atom stereocenters. The van der Waals surface area contributed by atoms with E-state index in [1.165, 1.54) is 31.5 Å². The second-order valence-corrected chi connectivity index (χ2v) is 5.17. The fourth-order valence-electron chi connectivity index (χ4n) is 2.60. The number of nitrogens with one attached hydrogen (secondary N) is 1. The van der Waals surface area contributed by atoms with Gasteiger partial charge >= 0.3 is 0 Å². The van der Waals surface area contributed by atoms with Gasteiger partial charge in [-0.2, -0.15) is 0 Å². The van der Waals surface area contributed by atoms with Crippen molar-refractivity contribution in [2.75, 3.05) is 19.6 Å². The van der Waals surface area contributed by atoms with Crippen LogP contribution in [0.5, 0.6) is 0 Å². The van der Waals surface area contributed by atoms with E-state index < -0.39 is 0 Å². The molecule has 1 saturated heterocycles. The number of rotatable bonds is 5. The molecule has 1 heterocycles. The summed E-state index contributed by atoms with van der Waals surface area (Å²) >= 11 is 0. The minimum atomic E-state index is 0.686. The van der Waals surface area contributed by atoms with E-state index in [1.54, 1.807) is 0 Å². The molecule has 2 nitrogen and oxygen atoms in total. The molecular weight excluding hydrogens is 232 g/mol. The summed E-state index contributed by atoms with van der Waals surface area (Å²) in [6.45, 7) is 6.43. The maximum absolute atomic E-state index is 3.61. The molecule has 102 valence electrons. The van der Waals surface area contributed by atoms with Crippen LogP contribution in [0.1, 0.15) is 31.7 Å². The third-order valence-corrected chi connectivity index (χ3v) is 3.70. The Labute approximate surface area is 117 Å². The number of likely N-dealkylation sites (tertiary alicyclic amines) is 1. The highest BCUT2D eigenvalue weighted by Crippen LogP contribution is 2.13. The van der Waals surface area contributed by atoms with Gasteiger partial charge in [-0.3, -0.25) is 4.90 Å². The van der Waals surface area contributed by atoms with E-state index in [9.17, 15) is 0 Å². The van der Waals surface area contributed by atoms with E-state index in [0.29, 0.717) is 6.04 Å². The molecule has 2 heteroatoms. The molecular formula is C17H24N2. The van der Waals surface area contributed by atoms with Crippen LogP contribution in [0.2, 0.25) is 0 Å². The van der Waals surface area contributed by atoms with Crippen LogP contribution in [0.15, 0.2) is 30.3 Å². The van der Waals surface area contributed by atoms with Gasteiger partial charge in [-0.1, -0.05) is 30.3 Å². The lowest BCUT2D eigenvalue weighted by atomic mass is 10.0. The largest absolute Gasteiger partial charge is 0.313 e. The molecule has 1 aliphatic heterocycles. The van der Waals surface area contributed by atoms with E-state index in [4.69, 9.17) is 0 Å². The fraction of sp³-hybridized carbons (Fsp3) is 0.529. The number of hydrogen-bond donors (Lipinski definition) is 1.